The van der Waals surface area contributed by atoms with E-state index >= 15 is 0 Å². The van der Waals surface area contributed by atoms with Gasteiger partial charge in [0.2, 0.25) is 0 Å². The third-order valence-corrected chi connectivity index (χ3v) is 4.84. The highest BCUT2D eigenvalue weighted by Gasteiger charge is 2.16. The Bertz CT molecular complexity index is 881. The molecule has 1 aromatic heterocycles. The molecule has 1 aliphatic heterocycles. The molecule has 0 bridgehead atoms. The van der Waals surface area contributed by atoms with Crippen LogP contribution < -0.4 is 0 Å². The average Bonchev–Trinajstić information content (AvgIpc) is 2.99. The van der Waals surface area contributed by atoms with Crippen LogP contribution in [-0.2, 0) is 13.6 Å². The van der Waals surface area contributed by atoms with Gasteiger partial charge >= 0.3 is 0 Å². The molecule has 148 valence electrons. The van der Waals surface area contributed by atoms with Gasteiger partial charge in [-0.25, -0.2) is 9.38 Å². The Labute approximate surface area is 169 Å². The van der Waals surface area contributed by atoms with E-state index in [1.54, 1.807) is 24.7 Å². The number of rotatable bonds is 6. The maximum Gasteiger partial charge on any atom is 0.141 e. The molecule has 2 aromatic rings. The molecular formula is C20H24ClFN6. The summed E-state index contributed by atoms with van der Waals surface area (Å²) in [6.45, 7) is 6.85. The smallest absolute Gasteiger partial charge is 0.141 e. The van der Waals surface area contributed by atoms with Crippen molar-refractivity contribution in [3.8, 4) is 0 Å². The molecule has 0 spiro atoms. The molecule has 3 rings (SSSR count). The van der Waals surface area contributed by atoms with E-state index in [0.29, 0.717) is 0 Å². The third kappa shape index (κ3) is 5.74. The lowest BCUT2D eigenvalue weighted by atomic mass is 10.2. The summed E-state index contributed by atoms with van der Waals surface area (Å²) in [5, 5.41) is 4.49. The summed E-state index contributed by atoms with van der Waals surface area (Å²) in [5.74, 6) is -0.436. The molecule has 2 heterocycles. The van der Waals surface area contributed by atoms with Crippen LogP contribution >= 0.6 is 11.6 Å². The summed E-state index contributed by atoms with van der Waals surface area (Å²) in [4.78, 5) is 13.0. The van der Waals surface area contributed by atoms with Crippen LogP contribution in [-0.4, -0.2) is 58.3 Å². The van der Waals surface area contributed by atoms with Crippen LogP contribution in [0.4, 0.5) is 4.39 Å². The highest BCUT2D eigenvalue weighted by molar-refractivity contribution is 6.31. The summed E-state index contributed by atoms with van der Waals surface area (Å²) >= 11 is 5.74. The number of piperazine rings is 1. The fourth-order valence-electron chi connectivity index (χ4n) is 3.01. The molecule has 0 atom stereocenters. The van der Waals surface area contributed by atoms with Gasteiger partial charge in [-0.1, -0.05) is 17.7 Å². The Kier molecular flexibility index (Phi) is 6.95. The quantitative estimate of drug-likeness (QED) is 0.550. The first kappa shape index (κ1) is 20.2. The molecule has 0 N–H and O–H groups in total. The van der Waals surface area contributed by atoms with Crippen LogP contribution in [0.25, 0.3) is 0 Å². The standard InChI is InChI=1S/C20H24ClFN6/c1-16-18(13-26(2)25-16)14-27-7-9-28(10-8-27)15-24-6-5-23-12-17-3-4-20(22)19(21)11-17/h3-6,11-13,15H,7-10,14H2,1-2H3/b6-5-,23-12?,24-15?. The summed E-state index contributed by atoms with van der Waals surface area (Å²) < 4.78 is 15.0. The molecule has 0 radical (unpaired) electrons. The summed E-state index contributed by atoms with van der Waals surface area (Å²) in [6, 6.07) is 4.47. The van der Waals surface area contributed by atoms with Crippen LogP contribution in [0.15, 0.2) is 46.8 Å². The number of aliphatic imine (C=N–C) groups is 2. The summed E-state index contributed by atoms with van der Waals surface area (Å²) in [7, 11) is 1.96. The van der Waals surface area contributed by atoms with Crippen LogP contribution in [0.3, 0.4) is 0 Å². The molecule has 1 fully saturated rings. The van der Waals surface area contributed by atoms with Crippen LogP contribution in [0, 0.1) is 12.7 Å². The van der Waals surface area contributed by atoms with Crippen molar-refractivity contribution >= 4 is 24.2 Å². The fourth-order valence-corrected chi connectivity index (χ4v) is 3.20. The second-order valence-electron chi connectivity index (χ2n) is 6.74. The first-order valence-electron chi connectivity index (χ1n) is 9.13. The lowest BCUT2D eigenvalue weighted by Gasteiger charge is -2.33. The Hall–Kier alpha value is -2.51. The van der Waals surface area contributed by atoms with Crippen molar-refractivity contribution in [2.45, 2.75) is 13.5 Å². The van der Waals surface area contributed by atoms with Gasteiger partial charge < -0.3 is 4.90 Å². The molecule has 0 saturated carbocycles. The SMILES string of the molecule is Cc1nn(C)cc1CN1CCN(C=N/C=C\N=Cc2ccc(F)c(Cl)c2)CC1. The Balaban J connectivity index is 1.41. The van der Waals surface area contributed by atoms with Gasteiger partial charge in [-0.2, -0.15) is 5.10 Å². The number of hydrogen-bond acceptors (Lipinski definition) is 4. The second-order valence-corrected chi connectivity index (χ2v) is 7.15. The topological polar surface area (TPSA) is 49.0 Å². The van der Waals surface area contributed by atoms with E-state index in [1.807, 2.05) is 18.1 Å². The molecule has 0 aliphatic carbocycles. The van der Waals surface area contributed by atoms with Gasteiger partial charge in [0.25, 0.3) is 0 Å². The Morgan fingerprint density at radius 3 is 2.61 bits per heavy atom. The van der Waals surface area contributed by atoms with Crippen molar-refractivity contribution in [3.63, 3.8) is 0 Å². The third-order valence-electron chi connectivity index (χ3n) is 4.55. The minimum absolute atomic E-state index is 0.0868. The largest absolute Gasteiger partial charge is 0.360 e. The van der Waals surface area contributed by atoms with Crippen molar-refractivity contribution in [1.82, 2.24) is 19.6 Å². The van der Waals surface area contributed by atoms with E-state index in [-0.39, 0.29) is 5.02 Å². The number of aryl methyl sites for hydroxylation is 2. The van der Waals surface area contributed by atoms with Crippen molar-refractivity contribution < 1.29 is 4.39 Å². The minimum atomic E-state index is -0.436. The molecule has 0 unspecified atom stereocenters. The molecule has 1 aliphatic rings. The van der Waals surface area contributed by atoms with Crippen molar-refractivity contribution in [2.24, 2.45) is 17.0 Å². The number of aromatic nitrogens is 2. The number of nitrogens with zero attached hydrogens (tertiary/aromatic N) is 6. The predicted molar refractivity (Wildman–Crippen MR) is 111 cm³/mol. The maximum absolute atomic E-state index is 13.1. The van der Waals surface area contributed by atoms with Crippen LogP contribution in [0.2, 0.25) is 5.02 Å². The monoisotopic (exact) mass is 402 g/mol. The number of benzene rings is 1. The van der Waals surface area contributed by atoms with Gasteiger partial charge in [0.1, 0.15) is 5.82 Å². The highest BCUT2D eigenvalue weighted by atomic mass is 35.5. The zero-order chi connectivity index (χ0) is 19.9. The minimum Gasteiger partial charge on any atom is -0.360 e. The van der Waals surface area contributed by atoms with Gasteiger partial charge in [-0.3, -0.25) is 14.6 Å². The van der Waals surface area contributed by atoms with Crippen molar-refractivity contribution in [2.75, 3.05) is 26.2 Å². The molecule has 8 heteroatoms. The second kappa shape index (κ2) is 9.61. The van der Waals surface area contributed by atoms with Gasteiger partial charge in [0.15, 0.2) is 0 Å². The van der Waals surface area contributed by atoms with E-state index in [2.05, 4.69) is 38.0 Å². The fraction of sp³-hybridized carbons (Fsp3) is 0.350. The molecule has 1 aromatic carbocycles. The first-order chi connectivity index (χ1) is 13.5. The summed E-state index contributed by atoms with van der Waals surface area (Å²) in [6.07, 6.45) is 8.76. The van der Waals surface area contributed by atoms with Gasteiger partial charge in [0, 0.05) is 70.1 Å². The molecule has 1 saturated heterocycles. The van der Waals surface area contributed by atoms with E-state index < -0.39 is 5.82 Å². The lowest BCUT2D eigenvalue weighted by Crippen LogP contribution is -2.45. The van der Waals surface area contributed by atoms with Crippen LogP contribution in [0.5, 0.6) is 0 Å². The van der Waals surface area contributed by atoms with E-state index in [0.717, 1.165) is 44.0 Å². The zero-order valence-corrected chi connectivity index (χ0v) is 16.8. The maximum atomic E-state index is 13.1. The van der Waals surface area contributed by atoms with Crippen molar-refractivity contribution in [1.29, 1.82) is 0 Å². The zero-order valence-electron chi connectivity index (χ0n) is 16.1. The van der Waals surface area contributed by atoms with Gasteiger partial charge in [-0.05, 0) is 24.6 Å². The Morgan fingerprint density at radius 1 is 1.18 bits per heavy atom. The molecule has 6 nitrogen and oxygen atoms in total. The number of hydrogen-bond donors (Lipinski definition) is 0. The van der Waals surface area contributed by atoms with E-state index in [9.17, 15) is 4.39 Å². The highest BCUT2D eigenvalue weighted by Crippen LogP contribution is 2.15. The van der Waals surface area contributed by atoms with Crippen LogP contribution in [0.1, 0.15) is 16.8 Å². The summed E-state index contributed by atoms with van der Waals surface area (Å²) in [5.41, 5.74) is 3.12. The first-order valence-corrected chi connectivity index (χ1v) is 9.51. The Morgan fingerprint density at radius 2 is 1.93 bits per heavy atom. The molecular weight excluding hydrogens is 379 g/mol. The van der Waals surface area contributed by atoms with Gasteiger partial charge in [0.05, 0.1) is 17.1 Å². The normalized spacial score (nSPS) is 16.2. The van der Waals surface area contributed by atoms with E-state index in [1.165, 1.54) is 17.7 Å². The molecule has 0 amide bonds. The number of halogens is 2. The predicted octanol–water partition coefficient (Wildman–Crippen LogP) is 3.26. The molecule has 28 heavy (non-hydrogen) atoms. The lowest BCUT2D eigenvalue weighted by molar-refractivity contribution is 0.178. The van der Waals surface area contributed by atoms with E-state index in [4.69, 9.17) is 11.6 Å². The van der Waals surface area contributed by atoms with Gasteiger partial charge in [-0.15, -0.1) is 0 Å². The van der Waals surface area contributed by atoms with Crippen molar-refractivity contribution in [3.05, 3.63) is 64.5 Å². The average molecular weight is 403 g/mol.